The van der Waals surface area contributed by atoms with Gasteiger partial charge in [-0.25, -0.2) is 0 Å². The highest BCUT2D eigenvalue weighted by molar-refractivity contribution is 8.02. The summed E-state index contributed by atoms with van der Waals surface area (Å²) >= 11 is 4.63. The summed E-state index contributed by atoms with van der Waals surface area (Å²) in [7, 11) is -3.87. The summed E-state index contributed by atoms with van der Waals surface area (Å²) in [4.78, 5) is 0. The maximum atomic E-state index is 10.7. The number of hydrogen-bond donors (Lipinski definition) is 1. The lowest BCUT2D eigenvalue weighted by molar-refractivity contribution is 0.482. The van der Waals surface area contributed by atoms with E-state index in [-0.39, 0.29) is 5.75 Å². The molecule has 0 saturated heterocycles. The summed E-state index contributed by atoms with van der Waals surface area (Å²) in [5, 5.41) is 8.27. The van der Waals surface area contributed by atoms with E-state index >= 15 is 0 Å². The van der Waals surface area contributed by atoms with Gasteiger partial charge in [-0.2, -0.15) is 8.42 Å². The van der Waals surface area contributed by atoms with Crippen molar-refractivity contribution in [3.8, 4) is 0 Å². The van der Waals surface area contributed by atoms with Crippen LogP contribution in [0.3, 0.4) is 0 Å². The molecule has 0 radical (unpaired) electrons. The number of rotatable bonds is 10. The molecule has 0 amide bonds. The Morgan fingerprint density at radius 2 is 1.80 bits per heavy atom. The van der Waals surface area contributed by atoms with Gasteiger partial charge in [0.1, 0.15) is 0 Å². The van der Waals surface area contributed by atoms with Gasteiger partial charge in [-0.1, -0.05) is 73.0 Å². The zero-order chi connectivity index (χ0) is 18.3. The maximum absolute atomic E-state index is 10.7. The van der Waals surface area contributed by atoms with Crippen molar-refractivity contribution in [1.82, 2.24) is 10.2 Å². The van der Waals surface area contributed by atoms with Crippen LogP contribution < -0.4 is 0 Å². The van der Waals surface area contributed by atoms with Crippen LogP contribution in [-0.2, 0) is 15.9 Å². The number of aromatic nitrogens is 2. The molecule has 1 aromatic carbocycles. The monoisotopic (exact) mass is 418 g/mol. The molecule has 0 bridgehead atoms. The van der Waals surface area contributed by atoms with Crippen molar-refractivity contribution < 1.29 is 13.0 Å². The summed E-state index contributed by atoms with van der Waals surface area (Å²) in [5.41, 5.74) is 2.63. The van der Waals surface area contributed by atoms with Gasteiger partial charge in [-0.3, -0.25) is 4.55 Å². The summed E-state index contributed by atoms with van der Waals surface area (Å²) in [6.07, 6.45) is 1.54. The summed E-state index contributed by atoms with van der Waals surface area (Å²) < 4.78 is 31.7. The molecule has 0 spiro atoms. The van der Waals surface area contributed by atoms with Crippen LogP contribution >= 0.6 is 34.9 Å². The molecule has 2 rings (SSSR count). The number of nitrogens with zero attached hydrogens (tertiary/aromatic N) is 2. The molecule has 1 atom stereocenters. The highest BCUT2D eigenvalue weighted by atomic mass is 32.2. The molecular weight excluding hydrogens is 396 g/mol. The zero-order valence-electron chi connectivity index (χ0n) is 14.2. The van der Waals surface area contributed by atoms with E-state index in [0.29, 0.717) is 18.1 Å². The molecule has 1 heterocycles. The number of benzene rings is 1. The van der Waals surface area contributed by atoms with Gasteiger partial charge in [0, 0.05) is 11.5 Å². The van der Waals surface area contributed by atoms with Crippen LogP contribution in [0.4, 0.5) is 0 Å². The van der Waals surface area contributed by atoms with E-state index < -0.39 is 10.1 Å². The second-order valence-corrected chi connectivity index (χ2v) is 10.8. The van der Waals surface area contributed by atoms with Gasteiger partial charge in [0.05, 0.1) is 5.75 Å². The largest absolute Gasteiger partial charge is 0.286 e. The van der Waals surface area contributed by atoms with E-state index in [4.69, 9.17) is 4.55 Å². The average molecular weight is 419 g/mol. The fourth-order valence-corrected chi connectivity index (χ4v) is 5.72. The van der Waals surface area contributed by atoms with Crippen LogP contribution in [0.15, 0.2) is 32.9 Å². The van der Waals surface area contributed by atoms with Crippen LogP contribution in [0.5, 0.6) is 0 Å². The number of thioether (sulfide) groups is 2. The Labute approximate surface area is 161 Å². The smallest absolute Gasteiger partial charge is 0.264 e. The predicted octanol–water partition coefficient (Wildman–Crippen LogP) is 4.71. The molecule has 0 aliphatic rings. The molecule has 0 saturated carbocycles. The Bertz CT molecular complexity index is 760. The third kappa shape index (κ3) is 7.65. The lowest BCUT2D eigenvalue weighted by atomic mass is 9.98. The van der Waals surface area contributed by atoms with Crippen LogP contribution in [0.1, 0.15) is 43.7 Å². The van der Waals surface area contributed by atoms with E-state index in [2.05, 4.69) is 48.3 Å². The summed E-state index contributed by atoms with van der Waals surface area (Å²) in [5.74, 6) is 1.82. The minimum absolute atomic E-state index is 0.215. The molecule has 1 unspecified atom stereocenters. The van der Waals surface area contributed by atoms with Gasteiger partial charge >= 0.3 is 0 Å². The predicted molar refractivity (Wildman–Crippen MR) is 106 cm³/mol. The molecule has 1 aromatic heterocycles. The van der Waals surface area contributed by atoms with Gasteiger partial charge < -0.3 is 0 Å². The summed E-state index contributed by atoms with van der Waals surface area (Å²) in [6, 6.07) is 8.72. The minimum atomic E-state index is -3.87. The average Bonchev–Trinajstić information content (AvgIpc) is 3.04. The van der Waals surface area contributed by atoms with E-state index in [1.54, 1.807) is 11.8 Å². The first-order valence-electron chi connectivity index (χ1n) is 8.00. The second-order valence-electron chi connectivity index (χ2n) is 5.66. The van der Waals surface area contributed by atoms with E-state index in [1.807, 2.05) is 0 Å². The first-order chi connectivity index (χ1) is 11.9. The first-order valence-corrected chi connectivity index (χ1v) is 12.4. The SMILES string of the molecule is CCC(C)c1ccc(CSc2nnc(SCCCS(=O)(=O)O)s2)cc1. The van der Waals surface area contributed by atoms with Gasteiger partial charge in [0.25, 0.3) is 10.1 Å². The molecular formula is C16H22N2O3S4. The molecule has 0 aliphatic heterocycles. The van der Waals surface area contributed by atoms with Crippen molar-refractivity contribution in [3.63, 3.8) is 0 Å². The fraction of sp³-hybridized carbons (Fsp3) is 0.500. The van der Waals surface area contributed by atoms with Crippen molar-refractivity contribution in [1.29, 1.82) is 0 Å². The standard InChI is InChI=1S/C16H22N2O3S4/c1-3-12(2)14-7-5-13(6-8-14)11-23-16-18-17-15(24-16)22-9-4-10-25(19,20)21/h5-8,12H,3-4,9-11H2,1-2H3,(H,19,20,21). The second kappa shape index (κ2) is 9.91. The normalized spacial score (nSPS) is 13.1. The van der Waals surface area contributed by atoms with Gasteiger partial charge in [0.15, 0.2) is 8.68 Å². The molecule has 0 aliphatic carbocycles. The lowest BCUT2D eigenvalue weighted by Crippen LogP contribution is -2.04. The Morgan fingerprint density at radius 1 is 1.16 bits per heavy atom. The molecule has 25 heavy (non-hydrogen) atoms. The first kappa shape index (κ1) is 20.7. The van der Waals surface area contributed by atoms with E-state index in [1.165, 1.54) is 34.2 Å². The zero-order valence-corrected chi connectivity index (χ0v) is 17.5. The molecule has 2 aromatic rings. The number of hydrogen-bond acceptors (Lipinski definition) is 7. The molecule has 0 fully saturated rings. The fourth-order valence-electron chi connectivity index (χ4n) is 2.04. The maximum Gasteiger partial charge on any atom is 0.264 e. The van der Waals surface area contributed by atoms with E-state index in [0.717, 1.165) is 20.9 Å². The topological polar surface area (TPSA) is 80.2 Å². The van der Waals surface area contributed by atoms with Crippen molar-refractivity contribution in [2.75, 3.05) is 11.5 Å². The van der Waals surface area contributed by atoms with Crippen LogP contribution in [0.25, 0.3) is 0 Å². The Hall–Kier alpha value is -0.610. The van der Waals surface area contributed by atoms with Crippen LogP contribution in [0, 0.1) is 0 Å². The third-order valence-corrected chi connectivity index (χ3v) is 7.84. The van der Waals surface area contributed by atoms with Crippen LogP contribution in [0.2, 0.25) is 0 Å². The Morgan fingerprint density at radius 3 is 2.40 bits per heavy atom. The van der Waals surface area contributed by atoms with Gasteiger partial charge in [0.2, 0.25) is 0 Å². The minimum Gasteiger partial charge on any atom is -0.286 e. The van der Waals surface area contributed by atoms with Gasteiger partial charge in [-0.05, 0) is 29.9 Å². The molecule has 138 valence electrons. The quantitative estimate of drug-likeness (QED) is 0.340. The third-order valence-electron chi connectivity index (χ3n) is 3.68. The molecule has 1 N–H and O–H groups in total. The Balaban J connectivity index is 1.77. The highest BCUT2D eigenvalue weighted by Crippen LogP contribution is 2.31. The lowest BCUT2D eigenvalue weighted by Gasteiger charge is -2.09. The van der Waals surface area contributed by atoms with Crippen molar-refractivity contribution in [2.45, 2.75) is 47.0 Å². The summed E-state index contributed by atoms with van der Waals surface area (Å²) in [6.45, 7) is 4.43. The van der Waals surface area contributed by atoms with Crippen molar-refractivity contribution in [3.05, 3.63) is 35.4 Å². The van der Waals surface area contributed by atoms with E-state index in [9.17, 15) is 8.42 Å². The van der Waals surface area contributed by atoms with Crippen molar-refractivity contribution >= 4 is 45.0 Å². The Kier molecular flexibility index (Phi) is 8.21. The van der Waals surface area contributed by atoms with Gasteiger partial charge in [-0.15, -0.1) is 10.2 Å². The van der Waals surface area contributed by atoms with Crippen LogP contribution in [-0.4, -0.2) is 34.7 Å². The molecule has 9 heteroatoms. The van der Waals surface area contributed by atoms with Crippen molar-refractivity contribution in [2.24, 2.45) is 0 Å². The molecule has 5 nitrogen and oxygen atoms in total. The highest BCUT2D eigenvalue weighted by Gasteiger charge is 2.08.